The van der Waals surface area contributed by atoms with Gasteiger partial charge in [0, 0.05) is 18.4 Å². The molecule has 1 aliphatic rings. The van der Waals surface area contributed by atoms with Crippen LogP contribution in [0.3, 0.4) is 0 Å². The van der Waals surface area contributed by atoms with Gasteiger partial charge in [-0.3, -0.25) is 9.89 Å². The number of nitrogens with zero attached hydrogens (tertiary/aromatic N) is 2. The molecule has 3 rings (SSSR count). The molecule has 0 radical (unpaired) electrons. The average Bonchev–Trinajstić information content (AvgIpc) is 3.02. The summed E-state index contributed by atoms with van der Waals surface area (Å²) in [6.45, 7) is 3.42. The highest BCUT2D eigenvalue weighted by molar-refractivity contribution is 5.97. The number of aromatic nitrogens is 3. The number of H-pyrrole nitrogens is 1. The number of aryl methyl sites for hydroxylation is 1. The third-order valence-electron chi connectivity index (χ3n) is 4.21. The highest BCUT2D eigenvalue weighted by Crippen LogP contribution is 2.25. The second-order valence-electron chi connectivity index (χ2n) is 5.72. The number of hydrogen-bond donors (Lipinski definition) is 3. The lowest BCUT2D eigenvalue weighted by molar-refractivity contribution is -0.140. The average molecular weight is 352 g/mol. The maximum Gasteiger partial charge on any atom is 0.256 e. The summed E-state index contributed by atoms with van der Waals surface area (Å²) in [4.78, 5) is 16.9. The van der Waals surface area contributed by atoms with Crippen molar-refractivity contribution in [3.8, 4) is 11.4 Å². The molecular formula is C16H22ClN5O2. The maximum absolute atomic E-state index is 12.6. The quantitative estimate of drug-likeness (QED) is 0.782. The minimum atomic E-state index is -0.745. The van der Waals surface area contributed by atoms with E-state index in [2.05, 4.69) is 25.8 Å². The molecule has 1 fully saturated rings. The number of ether oxygens (including phenoxy) is 1. The zero-order valence-corrected chi connectivity index (χ0v) is 14.6. The van der Waals surface area contributed by atoms with Crippen LogP contribution in [0.1, 0.15) is 18.7 Å². The maximum atomic E-state index is 12.6. The number of rotatable bonds is 4. The van der Waals surface area contributed by atoms with E-state index in [0.717, 1.165) is 30.2 Å². The Bertz CT molecular complexity index is 680. The van der Waals surface area contributed by atoms with Gasteiger partial charge in [0.25, 0.3) is 5.91 Å². The van der Waals surface area contributed by atoms with E-state index in [4.69, 9.17) is 4.74 Å². The SMILES string of the molecule is COC1(C(=O)Nc2ccc(-c3n[nH]c(C)n3)cc2)CCNCC1.Cl. The van der Waals surface area contributed by atoms with Crippen LogP contribution in [-0.4, -0.2) is 46.9 Å². The summed E-state index contributed by atoms with van der Waals surface area (Å²) in [6, 6.07) is 7.48. The molecule has 24 heavy (non-hydrogen) atoms. The molecular weight excluding hydrogens is 330 g/mol. The van der Waals surface area contributed by atoms with Gasteiger partial charge in [-0.2, -0.15) is 5.10 Å². The molecule has 3 N–H and O–H groups in total. The first-order valence-corrected chi connectivity index (χ1v) is 7.70. The van der Waals surface area contributed by atoms with Crippen LogP contribution in [0.2, 0.25) is 0 Å². The van der Waals surface area contributed by atoms with Crippen LogP contribution < -0.4 is 10.6 Å². The summed E-state index contributed by atoms with van der Waals surface area (Å²) in [6.07, 6.45) is 1.34. The molecule has 1 amide bonds. The van der Waals surface area contributed by atoms with Gasteiger partial charge in [0.2, 0.25) is 0 Å². The lowest BCUT2D eigenvalue weighted by Crippen LogP contribution is -2.51. The van der Waals surface area contributed by atoms with E-state index in [9.17, 15) is 4.79 Å². The van der Waals surface area contributed by atoms with Crippen LogP contribution in [0.25, 0.3) is 11.4 Å². The molecule has 8 heteroatoms. The van der Waals surface area contributed by atoms with E-state index in [0.29, 0.717) is 18.7 Å². The van der Waals surface area contributed by atoms with Crippen molar-refractivity contribution in [2.45, 2.75) is 25.4 Å². The van der Waals surface area contributed by atoms with Crippen molar-refractivity contribution in [2.24, 2.45) is 0 Å². The van der Waals surface area contributed by atoms with Crippen molar-refractivity contribution in [3.05, 3.63) is 30.1 Å². The first-order chi connectivity index (χ1) is 11.1. The second-order valence-corrected chi connectivity index (χ2v) is 5.72. The van der Waals surface area contributed by atoms with Gasteiger partial charge in [-0.15, -0.1) is 12.4 Å². The summed E-state index contributed by atoms with van der Waals surface area (Å²) >= 11 is 0. The number of nitrogens with one attached hydrogen (secondary N) is 3. The fraction of sp³-hybridized carbons (Fsp3) is 0.438. The summed E-state index contributed by atoms with van der Waals surface area (Å²) in [5.41, 5.74) is 0.891. The van der Waals surface area contributed by atoms with Crippen molar-refractivity contribution >= 4 is 24.0 Å². The van der Waals surface area contributed by atoms with E-state index >= 15 is 0 Å². The molecule has 7 nitrogen and oxygen atoms in total. The molecule has 0 spiro atoms. The Hall–Kier alpha value is -1.96. The Balaban J connectivity index is 0.00000208. The normalized spacial score (nSPS) is 16.2. The van der Waals surface area contributed by atoms with E-state index in [1.165, 1.54) is 0 Å². The molecule has 2 aromatic rings. The molecule has 0 aliphatic carbocycles. The highest BCUT2D eigenvalue weighted by atomic mass is 35.5. The lowest BCUT2D eigenvalue weighted by atomic mass is 9.91. The van der Waals surface area contributed by atoms with Gasteiger partial charge in [0.15, 0.2) is 5.82 Å². The number of benzene rings is 1. The van der Waals surface area contributed by atoms with E-state index in [1.807, 2.05) is 31.2 Å². The molecule has 1 aromatic heterocycles. The van der Waals surface area contributed by atoms with Gasteiger partial charge in [-0.05, 0) is 57.1 Å². The van der Waals surface area contributed by atoms with Crippen LogP contribution in [-0.2, 0) is 9.53 Å². The van der Waals surface area contributed by atoms with Crippen molar-refractivity contribution in [2.75, 3.05) is 25.5 Å². The first kappa shape index (κ1) is 18.4. The summed E-state index contributed by atoms with van der Waals surface area (Å²) in [5, 5.41) is 13.1. The molecule has 0 saturated carbocycles. The summed E-state index contributed by atoms with van der Waals surface area (Å²) in [7, 11) is 1.60. The highest BCUT2D eigenvalue weighted by Gasteiger charge is 2.39. The Morgan fingerprint density at radius 2 is 1.92 bits per heavy atom. The van der Waals surface area contributed by atoms with Crippen LogP contribution in [0.15, 0.2) is 24.3 Å². The molecule has 1 aliphatic heterocycles. The van der Waals surface area contributed by atoms with Crippen molar-refractivity contribution in [3.63, 3.8) is 0 Å². The fourth-order valence-corrected chi connectivity index (χ4v) is 2.77. The standard InChI is InChI=1S/C16H21N5O2.ClH/c1-11-18-14(21-20-11)12-3-5-13(6-4-12)19-15(22)16(23-2)7-9-17-10-8-16;/h3-6,17H,7-10H2,1-2H3,(H,19,22)(H,18,20,21);1H. The van der Waals surface area contributed by atoms with Crippen molar-refractivity contribution in [1.82, 2.24) is 20.5 Å². The minimum Gasteiger partial charge on any atom is -0.368 e. The van der Waals surface area contributed by atoms with Crippen molar-refractivity contribution < 1.29 is 9.53 Å². The van der Waals surface area contributed by atoms with Gasteiger partial charge < -0.3 is 15.4 Å². The molecule has 0 bridgehead atoms. The van der Waals surface area contributed by atoms with Gasteiger partial charge in [0.05, 0.1) is 0 Å². The minimum absolute atomic E-state index is 0. The molecule has 2 heterocycles. The van der Waals surface area contributed by atoms with Gasteiger partial charge >= 0.3 is 0 Å². The Labute approximate surface area is 147 Å². The zero-order valence-electron chi connectivity index (χ0n) is 13.8. The Morgan fingerprint density at radius 3 is 2.46 bits per heavy atom. The van der Waals surface area contributed by atoms with Crippen LogP contribution >= 0.6 is 12.4 Å². The lowest BCUT2D eigenvalue weighted by Gasteiger charge is -2.34. The van der Waals surface area contributed by atoms with Gasteiger partial charge in [-0.1, -0.05) is 0 Å². The smallest absolute Gasteiger partial charge is 0.256 e. The third-order valence-corrected chi connectivity index (χ3v) is 4.21. The largest absolute Gasteiger partial charge is 0.368 e. The molecule has 130 valence electrons. The Morgan fingerprint density at radius 1 is 1.25 bits per heavy atom. The number of carbonyl (C=O) groups excluding carboxylic acids is 1. The number of amides is 1. The first-order valence-electron chi connectivity index (χ1n) is 7.70. The molecule has 1 saturated heterocycles. The molecule has 1 aromatic carbocycles. The third kappa shape index (κ3) is 3.75. The van der Waals surface area contributed by atoms with Crippen molar-refractivity contribution in [1.29, 1.82) is 0 Å². The summed E-state index contributed by atoms with van der Waals surface area (Å²) < 4.78 is 5.53. The second kappa shape index (κ2) is 7.74. The predicted octanol–water partition coefficient (Wildman–Crippen LogP) is 1.91. The number of halogens is 1. The van der Waals surface area contributed by atoms with E-state index in [-0.39, 0.29) is 18.3 Å². The van der Waals surface area contributed by atoms with Gasteiger partial charge in [0.1, 0.15) is 11.4 Å². The van der Waals surface area contributed by atoms with E-state index in [1.54, 1.807) is 7.11 Å². The molecule has 0 unspecified atom stereocenters. The molecule has 0 atom stereocenters. The Kier molecular flexibility index (Phi) is 5.93. The van der Waals surface area contributed by atoms with Crippen LogP contribution in [0.4, 0.5) is 5.69 Å². The van der Waals surface area contributed by atoms with Crippen LogP contribution in [0.5, 0.6) is 0 Å². The predicted molar refractivity (Wildman–Crippen MR) is 94.3 cm³/mol. The monoisotopic (exact) mass is 351 g/mol. The number of methoxy groups -OCH3 is 1. The number of aromatic amines is 1. The topological polar surface area (TPSA) is 91.9 Å². The zero-order chi connectivity index (χ0) is 16.3. The summed E-state index contributed by atoms with van der Waals surface area (Å²) in [5.74, 6) is 1.32. The number of carbonyl (C=O) groups is 1. The van der Waals surface area contributed by atoms with Gasteiger partial charge in [-0.25, -0.2) is 4.98 Å². The van der Waals surface area contributed by atoms with E-state index < -0.39 is 5.60 Å². The van der Waals surface area contributed by atoms with Crippen LogP contribution in [0, 0.1) is 6.92 Å². The number of hydrogen-bond acceptors (Lipinski definition) is 5. The number of piperidine rings is 1. The number of anilines is 1. The fourth-order valence-electron chi connectivity index (χ4n) is 2.77.